The molecule has 3 heterocycles. The quantitative estimate of drug-likeness (QED) is 0.885. The summed E-state index contributed by atoms with van der Waals surface area (Å²) in [5, 5.41) is 3.90. The molecule has 1 aliphatic rings. The lowest BCUT2D eigenvalue weighted by molar-refractivity contribution is 0.0622. The van der Waals surface area contributed by atoms with Crippen LogP contribution < -0.4 is 5.73 Å². The first-order valence-electron chi connectivity index (χ1n) is 7.67. The van der Waals surface area contributed by atoms with E-state index in [9.17, 15) is 4.79 Å². The molecule has 0 unspecified atom stereocenters. The van der Waals surface area contributed by atoms with Crippen molar-refractivity contribution in [2.45, 2.75) is 26.9 Å². The number of nitrogens with two attached hydrogens (primary N) is 1. The van der Waals surface area contributed by atoms with Gasteiger partial charge in [-0.2, -0.15) is 4.98 Å². The predicted octanol–water partition coefficient (Wildman–Crippen LogP) is 0.696. The summed E-state index contributed by atoms with van der Waals surface area (Å²) in [6.45, 7) is 7.41. The van der Waals surface area contributed by atoms with E-state index >= 15 is 0 Å². The lowest BCUT2D eigenvalue weighted by Crippen LogP contribution is -2.48. The maximum atomic E-state index is 12.5. The maximum Gasteiger partial charge on any atom is 0.257 e. The molecule has 8 nitrogen and oxygen atoms in total. The van der Waals surface area contributed by atoms with Crippen LogP contribution in [0.2, 0.25) is 0 Å². The lowest BCUT2D eigenvalue weighted by Gasteiger charge is -2.33. The zero-order valence-corrected chi connectivity index (χ0v) is 13.4. The van der Waals surface area contributed by atoms with Crippen molar-refractivity contribution in [3.63, 3.8) is 0 Å². The highest BCUT2D eigenvalue weighted by Crippen LogP contribution is 2.17. The Kier molecular flexibility index (Phi) is 4.44. The number of aromatic nitrogens is 2. The van der Waals surface area contributed by atoms with Gasteiger partial charge in [-0.15, -0.1) is 0 Å². The third-order valence-corrected chi connectivity index (χ3v) is 3.98. The second-order valence-corrected chi connectivity index (χ2v) is 5.70. The highest BCUT2D eigenvalue weighted by Gasteiger charge is 2.25. The Labute approximate surface area is 134 Å². The molecule has 0 bridgehead atoms. The van der Waals surface area contributed by atoms with Gasteiger partial charge in [-0.1, -0.05) is 5.16 Å². The van der Waals surface area contributed by atoms with Crippen molar-refractivity contribution in [2.75, 3.05) is 26.2 Å². The number of carbonyl (C=O) groups is 1. The second-order valence-electron chi connectivity index (χ2n) is 5.70. The van der Waals surface area contributed by atoms with Crippen LogP contribution in [0.25, 0.3) is 0 Å². The van der Waals surface area contributed by atoms with E-state index in [0.717, 1.165) is 18.8 Å². The molecule has 0 atom stereocenters. The van der Waals surface area contributed by atoms with Gasteiger partial charge < -0.3 is 19.6 Å². The monoisotopic (exact) mass is 319 g/mol. The molecule has 0 aromatic carbocycles. The van der Waals surface area contributed by atoms with E-state index in [0.29, 0.717) is 42.7 Å². The van der Waals surface area contributed by atoms with Crippen molar-refractivity contribution < 1.29 is 13.7 Å². The third-order valence-electron chi connectivity index (χ3n) is 3.98. The number of carbonyl (C=O) groups excluding carboxylic acids is 1. The van der Waals surface area contributed by atoms with Crippen molar-refractivity contribution in [3.8, 4) is 0 Å². The maximum absolute atomic E-state index is 12.5. The molecule has 0 saturated carbocycles. The largest absolute Gasteiger partial charge is 0.466 e. The average Bonchev–Trinajstić information content (AvgIpc) is 3.13. The summed E-state index contributed by atoms with van der Waals surface area (Å²) in [7, 11) is 0. The van der Waals surface area contributed by atoms with Crippen LogP contribution in [0.3, 0.4) is 0 Å². The van der Waals surface area contributed by atoms with Gasteiger partial charge in [0.1, 0.15) is 11.5 Å². The molecule has 2 aromatic heterocycles. The van der Waals surface area contributed by atoms with Gasteiger partial charge >= 0.3 is 0 Å². The van der Waals surface area contributed by atoms with Crippen LogP contribution >= 0.6 is 0 Å². The third kappa shape index (κ3) is 3.43. The summed E-state index contributed by atoms with van der Waals surface area (Å²) >= 11 is 0. The Morgan fingerprint density at radius 3 is 2.61 bits per heavy atom. The highest BCUT2D eigenvalue weighted by molar-refractivity contribution is 5.95. The van der Waals surface area contributed by atoms with Gasteiger partial charge in [-0.05, 0) is 19.9 Å². The molecule has 2 aromatic rings. The van der Waals surface area contributed by atoms with E-state index < -0.39 is 0 Å². The van der Waals surface area contributed by atoms with Crippen LogP contribution in [0.5, 0.6) is 0 Å². The van der Waals surface area contributed by atoms with Crippen molar-refractivity contribution in [2.24, 2.45) is 5.73 Å². The molecule has 0 spiro atoms. The molecule has 1 amide bonds. The van der Waals surface area contributed by atoms with Crippen LogP contribution in [0.1, 0.15) is 33.6 Å². The molecule has 0 radical (unpaired) electrons. The molecule has 23 heavy (non-hydrogen) atoms. The topological polar surface area (TPSA) is 102 Å². The SMILES string of the molecule is Cc1cc(C(=O)N2CCN(Cc3noc(CN)n3)CC2)c(C)o1. The molecule has 3 rings (SSSR count). The van der Waals surface area contributed by atoms with E-state index in [2.05, 4.69) is 15.0 Å². The number of rotatable bonds is 4. The first kappa shape index (κ1) is 15.7. The van der Waals surface area contributed by atoms with Crippen LogP contribution in [0.15, 0.2) is 15.0 Å². The van der Waals surface area contributed by atoms with E-state index in [4.69, 9.17) is 14.7 Å². The minimum atomic E-state index is 0.0315. The van der Waals surface area contributed by atoms with Crippen LogP contribution in [-0.4, -0.2) is 52.0 Å². The fourth-order valence-corrected chi connectivity index (χ4v) is 2.76. The Morgan fingerprint density at radius 2 is 2.04 bits per heavy atom. The van der Waals surface area contributed by atoms with Gasteiger partial charge in [0.25, 0.3) is 5.91 Å². The van der Waals surface area contributed by atoms with Crippen molar-refractivity contribution >= 4 is 5.91 Å². The Bertz CT molecular complexity index is 685. The van der Waals surface area contributed by atoms with E-state index in [-0.39, 0.29) is 12.5 Å². The number of hydrogen-bond acceptors (Lipinski definition) is 7. The number of hydrogen-bond donors (Lipinski definition) is 1. The molecule has 1 aliphatic heterocycles. The summed E-state index contributed by atoms with van der Waals surface area (Å²) in [5.74, 6) is 2.54. The Hall–Kier alpha value is -2.19. The number of aryl methyl sites for hydroxylation is 2. The molecule has 1 fully saturated rings. The van der Waals surface area contributed by atoms with Crippen LogP contribution in [0.4, 0.5) is 0 Å². The minimum Gasteiger partial charge on any atom is -0.466 e. The average molecular weight is 319 g/mol. The minimum absolute atomic E-state index is 0.0315. The van der Waals surface area contributed by atoms with Gasteiger partial charge in [0.15, 0.2) is 5.82 Å². The van der Waals surface area contributed by atoms with Crippen LogP contribution in [-0.2, 0) is 13.1 Å². The van der Waals surface area contributed by atoms with E-state index in [1.807, 2.05) is 18.7 Å². The molecule has 1 saturated heterocycles. The number of nitrogens with zero attached hydrogens (tertiary/aromatic N) is 4. The molecule has 124 valence electrons. The normalized spacial score (nSPS) is 16.0. The fraction of sp³-hybridized carbons (Fsp3) is 0.533. The van der Waals surface area contributed by atoms with E-state index in [1.54, 1.807) is 6.07 Å². The van der Waals surface area contributed by atoms with Gasteiger partial charge in [0.2, 0.25) is 5.89 Å². The van der Waals surface area contributed by atoms with Gasteiger partial charge in [0, 0.05) is 26.2 Å². The van der Waals surface area contributed by atoms with Crippen LogP contribution in [0, 0.1) is 13.8 Å². The molecular formula is C15H21N5O3. The zero-order valence-electron chi connectivity index (χ0n) is 13.4. The van der Waals surface area contributed by atoms with E-state index in [1.165, 1.54) is 0 Å². The first-order chi connectivity index (χ1) is 11.1. The summed E-state index contributed by atoms with van der Waals surface area (Å²) in [5.41, 5.74) is 6.11. The number of furan rings is 1. The first-order valence-corrected chi connectivity index (χ1v) is 7.67. The second kappa shape index (κ2) is 6.51. The van der Waals surface area contributed by atoms with Crippen molar-refractivity contribution in [1.82, 2.24) is 19.9 Å². The Balaban J connectivity index is 1.55. The van der Waals surface area contributed by atoms with Crippen molar-refractivity contribution in [3.05, 3.63) is 34.9 Å². The van der Waals surface area contributed by atoms with Gasteiger partial charge in [-0.25, -0.2) is 0 Å². The molecular weight excluding hydrogens is 298 g/mol. The van der Waals surface area contributed by atoms with Gasteiger partial charge in [0.05, 0.1) is 18.7 Å². The number of amides is 1. The summed E-state index contributed by atoms with van der Waals surface area (Å²) in [4.78, 5) is 20.8. The van der Waals surface area contributed by atoms with Crippen molar-refractivity contribution in [1.29, 1.82) is 0 Å². The lowest BCUT2D eigenvalue weighted by atomic mass is 10.2. The standard InChI is InChI=1S/C15H21N5O3/c1-10-7-12(11(2)22-10)15(21)20-5-3-19(4-6-20)9-13-17-14(8-16)23-18-13/h7H,3-6,8-9,16H2,1-2H3. The highest BCUT2D eigenvalue weighted by atomic mass is 16.5. The molecule has 0 aliphatic carbocycles. The fourth-order valence-electron chi connectivity index (χ4n) is 2.76. The zero-order chi connectivity index (χ0) is 16.4. The summed E-state index contributed by atoms with van der Waals surface area (Å²) in [6.07, 6.45) is 0. The summed E-state index contributed by atoms with van der Waals surface area (Å²) in [6, 6.07) is 1.80. The molecule has 2 N–H and O–H groups in total. The van der Waals surface area contributed by atoms with Gasteiger partial charge in [-0.3, -0.25) is 9.69 Å². The smallest absolute Gasteiger partial charge is 0.257 e. The predicted molar refractivity (Wildman–Crippen MR) is 81.6 cm³/mol. The molecule has 8 heteroatoms. The Morgan fingerprint density at radius 1 is 1.30 bits per heavy atom. The number of piperazine rings is 1. The summed E-state index contributed by atoms with van der Waals surface area (Å²) < 4.78 is 10.4.